The van der Waals surface area contributed by atoms with E-state index in [4.69, 9.17) is 15.6 Å². The van der Waals surface area contributed by atoms with Crippen LogP contribution in [0.3, 0.4) is 0 Å². The van der Waals surface area contributed by atoms with Gasteiger partial charge in [0.05, 0.1) is 0 Å². The van der Waals surface area contributed by atoms with Crippen molar-refractivity contribution in [3.05, 3.63) is 29.8 Å². The van der Waals surface area contributed by atoms with Crippen molar-refractivity contribution in [2.45, 2.75) is 12.1 Å². The largest absolute Gasteiger partial charge is 0.487 e. The molecule has 0 radical (unpaired) electrons. The molecule has 0 aromatic heterocycles. The number of nitrogens with two attached hydrogens (primary N) is 1. The Morgan fingerprint density at radius 3 is 2.76 bits per heavy atom. The summed E-state index contributed by atoms with van der Waals surface area (Å²) in [5.41, 5.74) is 6.13. The van der Waals surface area contributed by atoms with E-state index in [1.165, 1.54) is 0 Å². The summed E-state index contributed by atoms with van der Waals surface area (Å²) in [6.45, 7) is 1.72. The van der Waals surface area contributed by atoms with Crippen LogP contribution < -0.4 is 10.5 Å². The first-order chi connectivity index (χ1) is 8.08. The summed E-state index contributed by atoms with van der Waals surface area (Å²) < 4.78 is 5.74. The first-order valence-electron chi connectivity index (χ1n) is 5.50. The molecule has 3 N–H and O–H groups in total. The summed E-state index contributed by atoms with van der Waals surface area (Å²) in [4.78, 5) is 13.0. The number of aliphatic carboxylic acids is 1. The van der Waals surface area contributed by atoms with Crippen LogP contribution in [-0.2, 0) is 4.79 Å². The second-order valence-electron chi connectivity index (χ2n) is 4.31. The molecule has 1 saturated heterocycles. The predicted octanol–water partition coefficient (Wildman–Crippen LogP) is 0.464. The molecular formula is C12H16N2O3. The first-order valence-corrected chi connectivity index (χ1v) is 5.50. The van der Waals surface area contributed by atoms with Crippen LogP contribution in [0, 0.1) is 0 Å². The third kappa shape index (κ3) is 2.57. The van der Waals surface area contributed by atoms with E-state index in [1.54, 1.807) is 18.2 Å². The maximum atomic E-state index is 10.9. The number of rotatable bonds is 4. The van der Waals surface area contributed by atoms with Gasteiger partial charge in [-0.3, -0.25) is 9.69 Å². The topological polar surface area (TPSA) is 75.8 Å². The number of hydrogen-bond donors (Lipinski definition) is 2. The second kappa shape index (κ2) is 4.73. The molecule has 1 aliphatic rings. The fraction of sp³-hybridized carbons (Fsp3) is 0.417. The van der Waals surface area contributed by atoms with E-state index >= 15 is 0 Å². The maximum absolute atomic E-state index is 10.9. The number of benzene rings is 1. The van der Waals surface area contributed by atoms with Gasteiger partial charge in [-0.1, -0.05) is 18.2 Å². The van der Waals surface area contributed by atoms with Crippen molar-refractivity contribution in [3.63, 3.8) is 0 Å². The van der Waals surface area contributed by atoms with Crippen LogP contribution in [0.2, 0.25) is 0 Å². The molecule has 1 aliphatic heterocycles. The van der Waals surface area contributed by atoms with Gasteiger partial charge in [-0.2, -0.15) is 0 Å². The number of carbonyl (C=O) groups is 1. The van der Waals surface area contributed by atoms with Gasteiger partial charge in [0.25, 0.3) is 0 Å². The minimum atomic E-state index is -1.05. The van der Waals surface area contributed by atoms with Gasteiger partial charge in [-0.25, -0.2) is 0 Å². The molecule has 1 fully saturated rings. The van der Waals surface area contributed by atoms with Crippen molar-refractivity contribution in [2.75, 3.05) is 20.1 Å². The van der Waals surface area contributed by atoms with Crippen molar-refractivity contribution < 1.29 is 14.6 Å². The van der Waals surface area contributed by atoms with Crippen molar-refractivity contribution in [2.24, 2.45) is 5.73 Å². The van der Waals surface area contributed by atoms with E-state index < -0.39 is 12.0 Å². The summed E-state index contributed by atoms with van der Waals surface area (Å²) in [5.74, 6) is -0.479. The first kappa shape index (κ1) is 11.9. The minimum absolute atomic E-state index is 0.127. The zero-order chi connectivity index (χ0) is 12.4. The predicted molar refractivity (Wildman–Crippen MR) is 62.9 cm³/mol. The Hall–Kier alpha value is -1.59. The molecule has 0 spiro atoms. The normalized spacial score (nSPS) is 18.5. The fourth-order valence-corrected chi connectivity index (χ4v) is 1.87. The average molecular weight is 236 g/mol. The minimum Gasteiger partial charge on any atom is -0.487 e. The number of ether oxygens (including phenoxy) is 1. The molecule has 1 aromatic rings. The standard InChI is InChI=1S/C12H16N2O3/c1-14-6-8(7-14)17-10-5-3-2-4-9(10)11(13)12(15)16/h2-5,8,11H,6-7,13H2,1H3,(H,15,16). The molecule has 0 saturated carbocycles. The van der Waals surface area contributed by atoms with Crippen LogP contribution >= 0.6 is 0 Å². The van der Waals surface area contributed by atoms with Gasteiger partial charge in [0.1, 0.15) is 17.9 Å². The highest BCUT2D eigenvalue weighted by Crippen LogP contribution is 2.26. The highest BCUT2D eigenvalue weighted by molar-refractivity contribution is 5.76. The van der Waals surface area contributed by atoms with Crippen molar-refractivity contribution >= 4 is 5.97 Å². The molecule has 5 nitrogen and oxygen atoms in total. The van der Waals surface area contributed by atoms with E-state index in [1.807, 2.05) is 13.1 Å². The Labute approximate surface area is 99.8 Å². The molecule has 1 unspecified atom stereocenters. The van der Waals surface area contributed by atoms with Gasteiger partial charge < -0.3 is 15.6 Å². The highest BCUT2D eigenvalue weighted by Gasteiger charge is 2.27. The van der Waals surface area contributed by atoms with Gasteiger partial charge in [-0.15, -0.1) is 0 Å². The molecule has 0 amide bonds. The Bertz CT molecular complexity index is 416. The van der Waals surface area contributed by atoms with Crippen LogP contribution in [-0.4, -0.2) is 42.2 Å². The van der Waals surface area contributed by atoms with Crippen LogP contribution in [0.25, 0.3) is 0 Å². The van der Waals surface area contributed by atoms with Crippen LogP contribution in [0.15, 0.2) is 24.3 Å². The van der Waals surface area contributed by atoms with Gasteiger partial charge in [0.15, 0.2) is 0 Å². The fourth-order valence-electron chi connectivity index (χ4n) is 1.87. The molecule has 1 aromatic carbocycles. The lowest BCUT2D eigenvalue weighted by Gasteiger charge is -2.36. The van der Waals surface area contributed by atoms with Crippen LogP contribution in [0.1, 0.15) is 11.6 Å². The summed E-state index contributed by atoms with van der Waals surface area (Å²) in [6, 6.07) is 5.99. The zero-order valence-corrected chi connectivity index (χ0v) is 9.67. The SMILES string of the molecule is CN1CC(Oc2ccccc2C(N)C(=O)O)C1. The average Bonchev–Trinajstić information content (AvgIpc) is 2.26. The Morgan fingerprint density at radius 2 is 2.18 bits per heavy atom. The number of carboxylic acids is 1. The molecular weight excluding hydrogens is 220 g/mol. The molecule has 0 bridgehead atoms. The molecule has 5 heteroatoms. The molecule has 2 rings (SSSR count). The molecule has 0 aliphatic carbocycles. The van der Waals surface area contributed by atoms with Gasteiger partial charge in [-0.05, 0) is 13.1 Å². The van der Waals surface area contributed by atoms with E-state index in [0.717, 1.165) is 13.1 Å². The van der Waals surface area contributed by atoms with Crippen molar-refractivity contribution in [1.29, 1.82) is 0 Å². The Kier molecular flexibility index (Phi) is 3.31. The monoisotopic (exact) mass is 236 g/mol. The lowest BCUT2D eigenvalue weighted by molar-refractivity contribution is -0.138. The van der Waals surface area contributed by atoms with E-state index in [0.29, 0.717) is 11.3 Å². The molecule has 17 heavy (non-hydrogen) atoms. The van der Waals surface area contributed by atoms with Gasteiger partial charge in [0, 0.05) is 18.7 Å². The number of para-hydroxylation sites is 1. The third-order valence-electron chi connectivity index (χ3n) is 2.84. The lowest BCUT2D eigenvalue weighted by atomic mass is 10.1. The zero-order valence-electron chi connectivity index (χ0n) is 9.67. The van der Waals surface area contributed by atoms with Gasteiger partial charge in [0.2, 0.25) is 0 Å². The maximum Gasteiger partial charge on any atom is 0.325 e. The van der Waals surface area contributed by atoms with E-state index in [-0.39, 0.29) is 6.10 Å². The summed E-state index contributed by atoms with van der Waals surface area (Å²) in [7, 11) is 2.01. The van der Waals surface area contributed by atoms with Crippen LogP contribution in [0.5, 0.6) is 5.75 Å². The number of likely N-dealkylation sites (N-methyl/N-ethyl adjacent to an activating group) is 1. The third-order valence-corrected chi connectivity index (χ3v) is 2.84. The second-order valence-corrected chi connectivity index (χ2v) is 4.31. The Morgan fingerprint density at radius 1 is 1.53 bits per heavy atom. The quantitative estimate of drug-likeness (QED) is 0.794. The number of carboxylic acid groups (broad SMARTS) is 1. The van der Waals surface area contributed by atoms with Crippen molar-refractivity contribution in [1.82, 2.24) is 4.90 Å². The van der Waals surface area contributed by atoms with Gasteiger partial charge >= 0.3 is 5.97 Å². The molecule has 1 heterocycles. The molecule has 1 atom stereocenters. The summed E-state index contributed by atoms with van der Waals surface area (Å²) in [5, 5.41) is 8.92. The number of likely N-dealkylation sites (tertiary alicyclic amines) is 1. The number of hydrogen-bond acceptors (Lipinski definition) is 4. The number of nitrogens with zero attached hydrogens (tertiary/aromatic N) is 1. The molecule has 92 valence electrons. The van der Waals surface area contributed by atoms with Crippen molar-refractivity contribution in [3.8, 4) is 5.75 Å². The Balaban J connectivity index is 2.13. The summed E-state index contributed by atoms with van der Waals surface area (Å²) >= 11 is 0. The smallest absolute Gasteiger partial charge is 0.325 e. The lowest BCUT2D eigenvalue weighted by Crippen LogP contribution is -2.51. The highest BCUT2D eigenvalue weighted by atomic mass is 16.5. The van der Waals surface area contributed by atoms with E-state index in [2.05, 4.69) is 4.90 Å². The summed E-state index contributed by atoms with van der Waals surface area (Å²) in [6.07, 6.45) is 0.127. The van der Waals surface area contributed by atoms with Crippen LogP contribution in [0.4, 0.5) is 0 Å². The van der Waals surface area contributed by atoms with E-state index in [9.17, 15) is 4.79 Å².